The summed E-state index contributed by atoms with van der Waals surface area (Å²) in [5.41, 5.74) is 5.00. The number of methoxy groups -OCH3 is 1. The maximum Gasteiger partial charge on any atom is 0.243 e. The van der Waals surface area contributed by atoms with Crippen LogP contribution in [0.15, 0.2) is 36.4 Å². The smallest absolute Gasteiger partial charge is 0.243 e. The Balaban J connectivity index is 2.23. The van der Waals surface area contributed by atoms with Gasteiger partial charge in [0.2, 0.25) is 11.8 Å². The number of carbonyl (C=O) groups is 2. The molecule has 7 heteroatoms. The Kier molecular flexibility index (Phi) is 8.40. The highest BCUT2D eigenvalue weighted by molar-refractivity contribution is 5.97. The third-order valence-electron chi connectivity index (χ3n) is 7.59. The second-order valence-electron chi connectivity index (χ2n) is 11.6. The number of fused-ring (bicyclic) bond motifs is 1. The van der Waals surface area contributed by atoms with Gasteiger partial charge in [0, 0.05) is 42.0 Å². The van der Waals surface area contributed by atoms with Gasteiger partial charge in [-0.1, -0.05) is 37.6 Å². The van der Waals surface area contributed by atoms with E-state index in [-0.39, 0.29) is 11.8 Å². The molecule has 0 saturated carbocycles. The van der Waals surface area contributed by atoms with Crippen LogP contribution in [-0.4, -0.2) is 52.8 Å². The predicted octanol–water partition coefficient (Wildman–Crippen LogP) is 4.01. The number of benzene rings is 1. The number of piperazine rings is 1. The molecule has 0 radical (unpaired) electrons. The minimum atomic E-state index is -0.730. The summed E-state index contributed by atoms with van der Waals surface area (Å²) in [6, 6.07) is 3.07. The Hall–Kier alpha value is -2.90. The van der Waals surface area contributed by atoms with Gasteiger partial charge >= 0.3 is 0 Å². The summed E-state index contributed by atoms with van der Waals surface area (Å²) in [4.78, 5) is 28.8. The summed E-state index contributed by atoms with van der Waals surface area (Å²) >= 11 is 0. The molecule has 0 spiro atoms. The van der Waals surface area contributed by atoms with E-state index in [0.717, 1.165) is 39.7 Å². The molecule has 2 amide bonds. The SMILES string of the molecule is C=CC(C)(C)c1[nH]c2c(CC(O)C(C)(C)OC)cc(CC=C(C)C)cc2c1CC1NC(=O)C(C)NC1=O. The fraction of sp³-hybridized carbons (Fsp3) is 0.533. The molecule has 3 unspecified atom stereocenters. The third kappa shape index (κ3) is 6.16. The first-order valence-electron chi connectivity index (χ1n) is 13.0. The number of ether oxygens (including phenoxy) is 1. The largest absolute Gasteiger partial charge is 0.390 e. The van der Waals surface area contributed by atoms with E-state index in [9.17, 15) is 14.7 Å². The van der Waals surface area contributed by atoms with Gasteiger partial charge in [-0.05, 0) is 63.8 Å². The predicted molar refractivity (Wildman–Crippen MR) is 149 cm³/mol. The number of nitrogens with one attached hydrogen (secondary N) is 3. The van der Waals surface area contributed by atoms with Gasteiger partial charge in [-0.15, -0.1) is 6.58 Å². The number of aromatic amines is 1. The van der Waals surface area contributed by atoms with Crippen molar-refractivity contribution in [1.82, 2.24) is 15.6 Å². The van der Waals surface area contributed by atoms with Crippen LogP contribution >= 0.6 is 0 Å². The van der Waals surface area contributed by atoms with Crippen LogP contribution in [0.3, 0.4) is 0 Å². The van der Waals surface area contributed by atoms with E-state index in [0.29, 0.717) is 12.8 Å². The normalized spacial score (nSPS) is 19.4. The van der Waals surface area contributed by atoms with Crippen molar-refractivity contribution in [2.75, 3.05) is 7.11 Å². The lowest BCUT2D eigenvalue weighted by Gasteiger charge is -2.29. The van der Waals surface area contributed by atoms with Crippen LogP contribution in [0, 0.1) is 0 Å². The summed E-state index contributed by atoms with van der Waals surface area (Å²) in [5, 5.41) is 17.7. The molecule has 37 heavy (non-hydrogen) atoms. The van der Waals surface area contributed by atoms with E-state index >= 15 is 0 Å². The number of rotatable bonds is 10. The average molecular weight is 510 g/mol. The molecule has 7 nitrogen and oxygen atoms in total. The molecule has 0 bridgehead atoms. The van der Waals surface area contributed by atoms with Gasteiger partial charge in [-0.25, -0.2) is 0 Å². The molecule has 1 aromatic heterocycles. The van der Waals surface area contributed by atoms with Crippen molar-refractivity contribution in [2.24, 2.45) is 0 Å². The van der Waals surface area contributed by atoms with E-state index in [1.165, 1.54) is 5.57 Å². The number of hydrogen-bond acceptors (Lipinski definition) is 4. The van der Waals surface area contributed by atoms with Gasteiger partial charge in [0.15, 0.2) is 0 Å². The maximum atomic E-state index is 12.8. The summed E-state index contributed by atoms with van der Waals surface area (Å²) < 4.78 is 5.56. The summed E-state index contributed by atoms with van der Waals surface area (Å²) in [5.74, 6) is -0.383. The minimum absolute atomic E-state index is 0.191. The highest BCUT2D eigenvalue weighted by Gasteiger charge is 2.35. The highest BCUT2D eigenvalue weighted by Crippen LogP contribution is 2.36. The topological polar surface area (TPSA) is 103 Å². The molecule has 202 valence electrons. The lowest BCUT2D eigenvalue weighted by Crippen LogP contribution is -2.61. The van der Waals surface area contributed by atoms with Crippen LogP contribution in [0.1, 0.15) is 70.9 Å². The third-order valence-corrected chi connectivity index (χ3v) is 7.59. The van der Waals surface area contributed by atoms with Crippen molar-refractivity contribution in [3.05, 3.63) is 58.8 Å². The van der Waals surface area contributed by atoms with Gasteiger partial charge in [-0.2, -0.15) is 0 Å². The van der Waals surface area contributed by atoms with Gasteiger partial charge < -0.3 is 25.5 Å². The zero-order chi connectivity index (χ0) is 27.7. The van der Waals surface area contributed by atoms with Crippen molar-refractivity contribution in [3.8, 4) is 0 Å². The highest BCUT2D eigenvalue weighted by atomic mass is 16.5. The number of aliphatic hydroxyl groups excluding tert-OH is 1. The Labute approximate surface area is 220 Å². The number of amides is 2. The number of carbonyl (C=O) groups excluding carboxylic acids is 2. The van der Waals surface area contributed by atoms with E-state index in [2.05, 4.69) is 68.1 Å². The lowest BCUT2D eigenvalue weighted by molar-refractivity contribution is -0.136. The maximum absolute atomic E-state index is 12.8. The molecule has 1 aromatic carbocycles. The van der Waals surface area contributed by atoms with Crippen molar-refractivity contribution in [1.29, 1.82) is 0 Å². The summed E-state index contributed by atoms with van der Waals surface area (Å²) in [6.45, 7) is 17.8. The van der Waals surface area contributed by atoms with Crippen LogP contribution < -0.4 is 10.6 Å². The fourth-order valence-electron chi connectivity index (χ4n) is 4.63. The number of H-pyrrole nitrogens is 1. The lowest BCUT2D eigenvalue weighted by atomic mass is 9.84. The molecule has 1 aliphatic heterocycles. The Morgan fingerprint density at radius 1 is 1.16 bits per heavy atom. The minimum Gasteiger partial charge on any atom is -0.390 e. The van der Waals surface area contributed by atoms with Gasteiger partial charge in [-0.3, -0.25) is 9.59 Å². The molecule has 4 N–H and O–H groups in total. The van der Waals surface area contributed by atoms with Gasteiger partial charge in [0.1, 0.15) is 12.1 Å². The second kappa shape index (κ2) is 10.8. The van der Waals surface area contributed by atoms with E-state index in [4.69, 9.17) is 4.74 Å². The Bertz CT molecular complexity index is 1220. The molecule has 2 aromatic rings. The summed E-state index contributed by atoms with van der Waals surface area (Å²) in [6.07, 6.45) is 4.82. The number of allylic oxidation sites excluding steroid dienone is 3. The van der Waals surface area contributed by atoms with Gasteiger partial charge in [0.25, 0.3) is 0 Å². The van der Waals surface area contributed by atoms with Crippen LogP contribution in [-0.2, 0) is 39.0 Å². The quantitative estimate of drug-likeness (QED) is 0.363. The first-order chi connectivity index (χ1) is 17.2. The second-order valence-corrected chi connectivity index (χ2v) is 11.6. The molecule has 3 rings (SSSR count). The molecule has 3 atom stereocenters. The molecule has 1 saturated heterocycles. The van der Waals surface area contributed by atoms with Crippen LogP contribution in [0.4, 0.5) is 0 Å². The zero-order valence-electron chi connectivity index (χ0n) is 23.5. The molecule has 0 aliphatic carbocycles. The van der Waals surface area contributed by atoms with E-state index < -0.39 is 29.2 Å². The van der Waals surface area contributed by atoms with Crippen molar-refractivity contribution in [3.63, 3.8) is 0 Å². The molecule has 1 fully saturated rings. The molecular formula is C30H43N3O4. The molecule has 1 aliphatic rings. The Morgan fingerprint density at radius 3 is 2.43 bits per heavy atom. The van der Waals surface area contributed by atoms with Crippen LogP contribution in [0.2, 0.25) is 0 Å². The first-order valence-corrected chi connectivity index (χ1v) is 13.0. The number of aliphatic hydroxyl groups is 1. The molecule has 2 heterocycles. The zero-order valence-corrected chi connectivity index (χ0v) is 23.5. The van der Waals surface area contributed by atoms with Crippen LogP contribution in [0.25, 0.3) is 10.9 Å². The first kappa shape index (κ1) is 28.7. The summed E-state index contributed by atoms with van der Waals surface area (Å²) in [7, 11) is 1.60. The van der Waals surface area contributed by atoms with Gasteiger partial charge in [0.05, 0.1) is 11.7 Å². The standard InChI is InChI=1S/C30H43N3O4/c1-10-29(5,6)26-22(16-23-28(36)31-18(4)27(35)32-23)21-14-19(12-11-17(2)3)13-20(25(21)33-26)15-24(34)30(7,8)37-9/h10-11,13-14,18,23-24,33-34H,1,12,15-16H2,2-9H3,(H,31,36)(H,32,35). The van der Waals surface area contributed by atoms with E-state index in [1.54, 1.807) is 14.0 Å². The van der Waals surface area contributed by atoms with Crippen molar-refractivity contribution >= 4 is 22.7 Å². The average Bonchev–Trinajstić information content (AvgIpc) is 3.20. The number of aromatic nitrogens is 1. The Morgan fingerprint density at radius 2 is 1.84 bits per heavy atom. The molecular weight excluding hydrogens is 466 g/mol. The van der Waals surface area contributed by atoms with Crippen molar-refractivity contribution < 1.29 is 19.4 Å². The monoisotopic (exact) mass is 509 g/mol. The number of hydrogen-bond donors (Lipinski definition) is 4. The van der Waals surface area contributed by atoms with Crippen LogP contribution in [0.5, 0.6) is 0 Å². The van der Waals surface area contributed by atoms with Crippen molar-refractivity contribution in [2.45, 2.75) is 96.9 Å². The fourth-order valence-corrected chi connectivity index (χ4v) is 4.63. The van der Waals surface area contributed by atoms with E-state index in [1.807, 2.05) is 19.9 Å².